The number of alkyl halides is 1. The van der Waals surface area contributed by atoms with Gasteiger partial charge in [0.2, 0.25) is 0 Å². The molecule has 1 heterocycles. The molecule has 96 valence electrons. The maximum atomic E-state index is 4.30. The third-order valence-electron chi connectivity index (χ3n) is 3.09. The minimum atomic E-state index is 0.458. The molecule has 2 nitrogen and oxygen atoms in total. The standard InChI is InChI=1S/C15H19BrN2/c1-2-18-12-13(11-17-18)7-6-10-15(16)14-8-4-3-5-9-14/h3-5,8-9,11-12,15H,2,6-7,10H2,1H3. The Morgan fingerprint density at radius 2 is 2.06 bits per heavy atom. The zero-order valence-corrected chi connectivity index (χ0v) is 12.3. The third kappa shape index (κ3) is 3.70. The lowest BCUT2D eigenvalue weighted by Gasteiger charge is -2.09. The second-order valence-corrected chi connectivity index (χ2v) is 5.58. The van der Waals surface area contributed by atoms with Crippen molar-refractivity contribution in [2.75, 3.05) is 0 Å². The largest absolute Gasteiger partial charge is 0.273 e. The first kappa shape index (κ1) is 13.3. The van der Waals surface area contributed by atoms with Gasteiger partial charge in [0.15, 0.2) is 0 Å². The van der Waals surface area contributed by atoms with Crippen molar-refractivity contribution in [1.82, 2.24) is 9.78 Å². The second-order valence-electron chi connectivity index (χ2n) is 4.47. The molecule has 0 N–H and O–H groups in total. The fourth-order valence-electron chi connectivity index (χ4n) is 2.02. The van der Waals surface area contributed by atoms with Crippen LogP contribution in [-0.2, 0) is 13.0 Å². The molecule has 0 spiro atoms. The van der Waals surface area contributed by atoms with E-state index in [0.717, 1.165) is 19.4 Å². The van der Waals surface area contributed by atoms with Gasteiger partial charge in [-0.25, -0.2) is 0 Å². The van der Waals surface area contributed by atoms with Crippen LogP contribution in [0.4, 0.5) is 0 Å². The van der Waals surface area contributed by atoms with Gasteiger partial charge in [-0.1, -0.05) is 46.3 Å². The number of hydrogen-bond donors (Lipinski definition) is 0. The smallest absolute Gasteiger partial charge is 0.0521 e. The predicted octanol–water partition coefficient (Wildman–Crippen LogP) is 4.36. The zero-order chi connectivity index (χ0) is 12.8. The Bertz CT molecular complexity index is 464. The molecule has 0 bridgehead atoms. The zero-order valence-electron chi connectivity index (χ0n) is 10.7. The Hall–Kier alpha value is -1.09. The number of rotatable bonds is 6. The SMILES string of the molecule is CCn1cc(CCCC(Br)c2ccccc2)cn1. The molecule has 2 rings (SSSR count). The molecule has 3 heteroatoms. The van der Waals surface area contributed by atoms with Crippen LogP contribution in [-0.4, -0.2) is 9.78 Å². The molecular formula is C15H19BrN2. The number of halogens is 1. The summed E-state index contributed by atoms with van der Waals surface area (Å²) >= 11 is 3.76. The van der Waals surface area contributed by atoms with Gasteiger partial charge in [-0.3, -0.25) is 4.68 Å². The molecular weight excluding hydrogens is 288 g/mol. The predicted molar refractivity (Wildman–Crippen MR) is 78.9 cm³/mol. The minimum absolute atomic E-state index is 0.458. The van der Waals surface area contributed by atoms with Crippen molar-refractivity contribution in [3.05, 3.63) is 53.9 Å². The summed E-state index contributed by atoms with van der Waals surface area (Å²) < 4.78 is 1.98. The van der Waals surface area contributed by atoms with Crippen LogP contribution in [0.3, 0.4) is 0 Å². The molecule has 2 aromatic rings. The van der Waals surface area contributed by atoms with Crippen molar-refractivity contribution < 1.29 is 0 Å². The van der Waals surface area contributed by atoms with E-state index in [1.807, 2.05) is 10.9 Å². The van der Waals surface area contributed by atoms with E-state index in [-0.39, 0.29) is 0 Å². The highest BCUT2D eigenvalue weighted by Gasteiger charge is 2.06. The number of nitrogens with zero attached hydrogens (tertiary/aromatic N) is 2. The second kappa shape index (κ2) is 6.74. The summed E-state index contributed by atoms with van der Waals surface area (Å²) in [6.45, 7) is 3.06. The average Bonchev–Trinajstić information content (AvgIpc) is 2.87. The van der Waals surface area contributed by atoms with Gasteiger partial charge < -0.3 is 0 Å². The van der Waals surface area contributed by atoms with E-state index in [0.29, 0.717) is 4.83 Å². The van der Waals surface area contributed by atoms with E-state index in [2.05, 4.69) is 64.5 Å². The molecule has 18 heavy (non-hydrogen) atoms. The van der Waals surface area contributed by atoms with Crippen molar-refractivity contribution in [3.8, 4) is 0 Å². The summed E-state index contributed by atoms with van der Waals surface area (Å²) in [5.41, 5.74) is 2.70. The van der Waals surface area contributed by atoms with E-state index in [1.54, 1.807) is 0 Å². The Kier molecular flexibility index (Phi) is 5.00. The molecule has 0 fully saturated rings. The average molecular weight is 307 g/mol. The minimum Gasteiger partial charge on any atom is -0.273 e. The van der Waals surface area contributed by atoms with E-state index in [4.69, 9.17) is 0 Å². The molecule has 0 aliphatic carbocycles. The summed E-state index contributed by atoms with van der Waals surface area (Å²) in [6, 6.07) is 10.6. The third-order valence-corrected chi connectivity index (χ3v) is 4.08. The summed E-state index contributed by atoms with van der Waals surface area (Å²) in [5.74, 6) is 0. The van der Waals surface area contributed by atoms with E-state index in [1.165, 1.54) is 17.5 Å². The normalized spacial score (nSPS) is 12.6. The lowest BCUT2D eigenvalue weighted by molar-refractivity contribution is 0.658. The van der Waals surface area contributed by atoms with Crippen molar-refractivity contribution in [2.45, 2.75) is 37.6 Å². The summed E-state index contributed by atoms with van der Waals surface area (Å²) in [7, 11) is 0. The molecule has 0 saturated carbocycles. The van der Waals surface area contributed by atoms with E-state index < -0.39 is 0 Å². The highest BCUT2D eigenvalue weighted by Crippen LogP contribution is 2.27. The van der Waals surface area contributed by atoms with Crippen LogP contribution in [0, 0.1) is 0 Å². The molecule has 1 unspecified atom stereocenters. The van der Waals surface area contributed by atoms with Gasteiger partial charge in [0, 0.05) is 17.6 Å². The maximum absolute atomic E-state index is 4.30. The quantitative estimate of drug-likeness (QED) is 0.725. The van der Waals surface area contributed by atoms with Crippen LogP contribution in [0.2, 0.25) is 0 Å². The molecule has 1 atom stereocenters. The van der Waals surface area contributed by atoms with Crippen LogP contribution in [0.5, 0.6) is 0 Å². The van der Waals surface area contributed by atoms with Crippen molar-refractivity contribution in [2.24, 2.45) is 0 Å². The Balaban J connectivity index is 1.78. The van der Waals surface area contributed by atoms with Gasteiger partial charge in [0.25, 0.3) is 0 Å². The maximum Gasteiger partial charge on any atom is 0.0521 e. The highest BCUT2D eigenvalue weighted by atomic mass is 79.9. The fourth-order valence-corrected chi connectivity index (χ4v) is 2.65. The number of benzene rings is 1. The van der Waals surface area contributed by atoms with Gasteiger partial charge in [0.1, 0.15) is 0 Å². The van der Waals surface area contributed by atoms with Crippen molar-refractivity contribution >= 4 is 15.9 Å². The first-order chi connectivity index (χ1) is 8.79. The number of aryl methyl sites for hydroxylation is 2. The fraction of sp³-hybridized carbons (Fsp3) is 0.400. The van der Waals surface area contributed by atoms with Crippen molar-refractivity contribution in [3.63, 3.8) is 0 Å². The monoisotopic (exact) mass is 306 g/mol. The molecule has 0 saturated heterocycles. The number of aromatic nitrogens is 2. The molecule has 1 aromatic heterocycles. The molecule has 0 radical (unpaired) electrons. The van der Waals surface area contributed by atoms with Crippen LogP contribution in [0.15, 0.2) is 42.7 Å². The van der Waals surface area contributed by atoms with Crippen LogP contribution in [0.25, 0.3) is 0 Å². The topological polar surface area (TPSA) is 17.8 Å². The summed E-state index contributed by atoms with van der Waals surface area (Å²) in [5, 5.41) is 4.30. The van der Waals surface area contributed by atoms with Gasteiger partial charge in [0.05, 0.1) is 6.20 Å². The summed E-state index contributed by atoms with van der Waals surface area (Å²) in [6.07, 6.45) is 7.57. The molecule has 0 aliphatic heterocycles. The lowest BCUT2D eigenvalue weighted by Crippen LogP contribution is -1.93. The van der Waals surface area contributed by atoms with Crippen LogP contribution in [0.1, 0.15) is 35.7 Å². The van der Waals surface area contributed by atoms with Gasteiger partial charge in [-0.05, 0) is 37.3 Å². The molecule has 0 amide bonds. The summed E-state index contributed by atoms with van der Waals surface area (Å²) in [4.78, 5) is 0.458. The van der Waals surface area contributed by atoms with Crippen molar-refractivity contribution in [1.29, 1.82) is 0 Å². The Morgan fingerprint density at radius 3 is 2.72 bits per heavy atom. The molecule has 1 aromatic carbocycles. The Morgan fingerprint density at radius 1 is 1.28 bits per heavy atom. The van der Waals surface area contributed by atoms with Crippen LogP contribution >= 0.6 is 15.9 Å². The number of hydrogen-bond acceptors (Lipinski definition) is 1. The lowest BCUT2D eigenvalue weighted by atomic mass is 10.1. The van der Waals surface area contributed by atoms with E-state index in [9.17, 15) is 0 Å². The molecule has 0 aliphatic rings. The van der Waals surface area contributed by atoms with Gasteiger partial charge in [-0.2, -0.15) is 5.10 Å². The first-order valence-electron chi connectivity index (χ1n) is 6.50. The van der Waals surface area contributed by atoms with Gasteiger partial charge >= 0.3 is 0 Å². The Labute approximate surface area is 117 Å². The van der Waals surface area contributed by atoms with Crippen LogP contribution < -0.4 is 0 Å². The van der Waals surface area contributed by atoms with Gasteiger partial charge in [-0.15, -0.1) is 0 Å². The first-order valence-corrected chi connectivity index (χ1v) is 7.41. The van der Waals surface area contributed by atoms with E-state index >= 15 is 0 Å². The highest BCUT2D eigenvalue weighted by molar-refractivity contribution is 9.09.